The number of nitrogens with zero attached hydrogens (tertiary/aromatic N) is 2. The molecule has 104 valence electrons. The van der Waals surface area contributed by atoms with Crippen LogP contribution < -0.4 is 11.4 Å². The Bertz CT molecular complexity index is 695. The van der Waals surface area contributed by atoms with Crippen LogP contribution >= 0.6 is 0 Å². The lowest BCUT2D eigenvalue weighted by molar-refractivity contribution is 0.149. The molecule has 0 unspecified atom stereocenters. The van der Waals surface area contributed by atoms with Crippen molar-refractivity contribution in [1.29, 1.82) is 0 Å². The zero-order chi connectivity index (χ0) is 14.7. The van der Waals surface area contributed by atoms with Crippen LogP contribution in [-0.2, 0) is 6.42 Å². The van der Waals surface area contributed by atoms with Gasteiger partial charge in [-0.25, -0.2) is 13.6 Å². The van der Waals surface area contributed by atoms with Gasteiger partial charge in [0.25, 0.3) is 0 Å². The topological polar surface area (TPSA) is 60.9 Å². The Morgan fingerprint density at radius 3 is 2.75 bits per heavy atom. The van der Waals surface area contributed by atoms with Crippen LogP contribution in [-0.4, -0.2) is 16.0 Å². The molecule has 6 heteroatoms. The summed E-state index contributed by atoms with van der Waals surface area (Å²) in [7, 11) is 0. The summed E-state index contributed by atoms with van der Waals surface area (Å²) >= 11 is 0. The summed E-state index contributed by atoms with van der Waals surface area (Å²) in [5.41, 5.74) is 6.23. The van der Waals surface area contributed by atoms with Gasteiger partial charge in [0.1, 0.15) is 5.82 Å². The molecule has 2 N–H and O–H groups in total. The van der Waals surface area contributed by atoms with E-state index >= 15 is 0 Å². The van der Waals surface area contributed by atoms with Crippen molar-refractivity contribution in [3.05, 3.63) is 58.7 Å². The van der Waals surface area contributed by atoms with Crippen LogP contribution in [0.2, 0.25) is 0 Å². The molecule has 0 spiro atoms. The number of halogens is 2. The minimum absolute atomic E-state index is 0.107. The highest BCUT2D eigenvalue weighted by molar-refractivity contribution is 5.63. The normalized spacial score (nSPS) is 10.8. The van der Waals surface area contributed by atoms with Crippen molar-refractivity contribution in [2.45, 2.75) is 12.8 Å². The Morgan fingerprint density at radius 2 is 2.15 bits per heavy atom. The number of alkyl halides is 2. The molecule has 0 fully saturated rings. The van der Waals surface area contributed by atoms with Gasteiger partial charge in [-0.3, -0.25) is 4.57 Å². The molecule has 0 aliphatic heterocycles. The molecule has 0 aliphatic rings. The lowest BCUT2D eigenvalue weighted by Crippen LogP contribution is -2.22. The van der Waals surface area contributed by atoms with Crippen molar-refractivity contribution in [3.63, 3.8) is 0 Å². The van der Waals surface area contributed by atoms with Crippen molar-refractivity contribution in [3.8, 4) is 5.69 Å². The van der Waals surface area contributed by atoms with E-state index in [1.54, 1.807) is 18.2 Å². The fourth-order valence-corrected chi connectivity index (χ4v) is 1.99. The minimum atomic E-state index is -2.47. The number of nitrogens with two attached hydrogens (primary N) is 1. The summed E-state index contributed by atoms with van der Waals surface area (Å²) in [6, 6.07) is 6.31. The first-order valence-corrected chi connectivity index (χ1v) is 5.91. The van der Waals surface area contributed by atoms with Crippen LogP contribution in [0.1, 0.15) is 11.1 Å². The monoisotopic (exact) mass is 277 g/mol. The highest BCUT2D eigenvalue weighted by Crippen LogP contribution is 2.21. The highest BCUT2D eigenvalue weighted by Gasteiger charge is 2.12. The van der Waals surface area contributed by atoms with Gasteiger partial charge in [0.2, 0.25) is 6.43 Å². The van der Waals surface area contributed by atoms with E-state index in [1.807, 2.05) is 0 Å². The molecule has 2 rings (SSSR count). The van der Waals surface area contributed by atoms with Crippen LogP contribution in [0.3, 0.4) is 0 Å². The largest absolute Gasteiger partial charge is 0.383 e. The van der Waals surface area contributed by atoms with E-state index in [0.29, 0.717) is 16.8 Å². The number of benzene rings is 1. The molecular formula is C14H13F2N3O. The second-order valence-corrected chi connectivity index (χ2v) is 4.15. The van der Waals surface area contributed by atoms with E-state index in [4.69, 9.17) is 5.73 Å². The number of anilines is 1. The predicted octanol–water partition coefficient (Wildman–Crippen LogP) is 2.27. The van der Waals surface area contributed by atoms with E-state index in [-0.39, 0.29) is 5.82 Å². The molecule has 2 aromatic rings. The fourth-order valence-electron chi connectivity index (χ4n) is 1.99. The van der Waals surface area contributed by atoms with Crippen molar-refractivity contribution < 1.29 is 8.78 Å². The third-order valence-corrected chi connectivity index (χ3v) is 2.84. The zero-order valence-electron chi connectivity index (χ0n) is 10.6. The van der Waals surface area contributed by atoms with Gasteiger partial charge in [-0.2, -0.15) is 4.98 Å². The summed E-state index contributed by atoms with van der Waals surface area (Å²) < 4.78 is 26.4. The van der Waals surface area contributed by atoms with Crippen LogP contribution in [0.15, 0.2) is 41.8 Å². The lowest BCUT2D eigenvalue weighted by atomic mass is 10.0. The highest BCUT2D eigenvalue weighted by atomic mass is 19.3. The summed E-state index contributed by atoms with van der Waals surface area (Å²) in [5.74, 6) is 0.107. The molecule has 1 aromatic heterocycles. The quantitative estimate of drug-likeness (QED) is 0.932. The third kappa shape index (κ3) is 2.74. The van der Waals surface area contributed by atoms with Crippen molar-refractivity contribution >= 4 is 11.9 Å². The maximum Gasteiger partial charge on any atom is 0.354 e. The lowest BCUT2D eigenvalue weighted by Gasteiger charge is -2.13. The van der Waals surface area contributed by atoms with E-state index in [2.05, 4.69) is 11.6 Å². The molecule has 0 bridgehead atoms. The Hall–Kier alpha value is -2.50. The average molecular weight is 277 g/mol. The van der Waals surface area contributed by atoms with Gasteiger partial charge in [0.05, 0.1) is 5.69 Å². The van der Waals surface area contributed by atoms with Crippen LogP contribution in [0.25, 0.3) is 11.8 Å². The number of hydrogen-bond donors (Lipinski definition) is 1. The number of nitrogen functional groups attached to an aromatic ring is 1. The molecule has 0 saturated heterocycles. The first kappa shape index (κ1) is 13.9. The maximum atomic E-state index is 12.6. The predicted molar refractivity (Wildman–Crippen MR) is 74.0 cm³/mol. The van der Waals surface area contributed by atoms with Gasteiger partial charge in [-0.05, 0) is 17.7 Å². The zero-order valence-corrected chi connectivity index (χ0v) is 10.6. The van der Waals surface area contributed by atoms with Gasteiger partial charge in [0, 0.05) is 18.2 Å². The SMILES string of the molecule is C=Cc1c(CC(F)F)cccc1-n1ccc(N)nc1=O. The molecule has 1 aromatic carbocycles. The Labute approximate surface area is 114 Å². The van der Waals surface area contributed by atoms with E-state index in [1.165, 1.54) is 22.9 Å². The molecule has 1 heterocycles. The minimum Gasteiger partial charge on any atom is -0.383 e. The number of hydrogen-bond acceptors (Lipinski definition) is 3. The second-order valence-electron chi connectivity index (χ2n) is 4.15. The summed E-state index contributed by atoms with van der Waals surface area (Å²) in [5, 5.41) is 0. The van der Waals surface area contributed by atoms with Crippen LogP contribution in [0.5, 0.6) is 0 Å². The number of aromatic nitrogens is 2. The van der Waals surface area contributed by atoms with Crippen molar-refractivity contribution in [2.75, 3.05) is 5.73 Å². The maximum absolute atomic E-state index is 12.6. The molecule has 0 amide bonds. The summed E-state index contributed by atoms with van der Waals surface area (Å²) in [6.07, 6.45) is 0.0478. The van der Waals surface area contributed by atoms with E-state index in [0.717, 1.165) is 0 Å². The van der Waals surface area contributed by atoms with Gasteiger partial charge >= 0.3 is 5.69 Å². The van der Waals surface area contributed by atoms with E-state index < -0.39 is 18.5 Å². The van der Waals surface area contributed by atoms with Crippen molar-refractivity contribution in [1.82, 2.24) is 9.55 Å². The van der Waals surface area contributed by atoms with Crippen LogP contribution in [0, 0.1) is 0 Å². The Morgan fingerprint density at radius 1 is 1.40 bits per heavy atom. The fraction of sp³-hybridized carbons (Fsp3) is 0.143. The van der Waals surface area contributed by atoms with Gasteiger partial charge in [0.15, 0.2) is 0 Å². The first-order valence-electron chi connectivity index (χ1n) is 5.91. The molecule has 0 aliphatic carbocycles. The summed E-state index contributed by atoms with van der Waals surface area (Å²) in [4.78, 5) is 15.5. The first-order chi connectivity index (χ1) is 9.52. The third-order valence-electron chi connectivity index (χ3n) is 2.84. The molecule has 4 nitrogen and oxygen atoms in total. The van der Waals surface area contributed by atoms with Crippen molar-refractivity contribution in [2.24, 2.45) is 0 Å². The average Bonchev–Trinajstić information content (AvgIpc) is 2.38. The molecule has 0 radical (unpaired) electrons. The molecular weight excluding hydrogens is 264 g/mol. The standard InChI is InChI=1S/C14H13F2N3O/c1-2-10-9(8-12(15)16)4-3-5-11(10)19-7-6-13(17)18-14(19)20/h2-7,12H,1,8H2,(H2,17,18,20). The Kier molecular flexibility index (Phi) is 3.93. The summed E-state index contributed by atoms with van der Waals surface area (Å²) in [6.45, 7) is 3.63. The smallest absolute Gasteiger partial charge is 0.354 e. The van der Waals surface area contributed by atoms with Gasteiger partial charge < -0.3 is 5.73 Å². The van der Waals surface area contributed by atoms with Crippen LogP contribution in [0.4, 0.5) is 14.6 Å². The molecule has 0 saturated carbocycles. The second kappa shape index (κ2) is 5.64. The molecule has 20 heavy (non-hydrogen) atoms. The van der Waals surface area contributed by atoms with E-state index in [9.17, 15) is 13.6 Å². The molecule has 0 atom stereocenters. The number of rotatable bonds is 4. The van der Waals surface area contributed by atoms with Gasteiger partial charge in [-0.15, -0.1) is 0 Å². The Balaban J connectivity index is 2.62. The van der Waals surface area contributed by atoms with Gasteiger partial charge in [-0.1, -0.05) is 24.8 Å².